The largest absolute Gasteiger partial charge is 0.365 e. The number of halogens is 1. The molecule has 1 saturated heterocycles. The second-order valence-electron chi connectivity index (χ2n) is 5.81. The highest BCUT2D eigenvalue weighted by atomic mass is 35.5. The molecule has 0 aromatic heterocycles. The molecule has 0 amide bonds. The number of anilines is 1. The van der Waals surface area contributed by atoms with Gasteiger partial charge >= 0.3 is 0 Å². The molecule has 0 bridgehead atoms. The first-order chi connectivity index (χ1) is 8.65. The van der Waals surface area contributed by atoms with Crippen LogP contribution in [0.5, 0.6) is 0 Å². The monoisotopic (exact) mass is 264 g/mol. The average molecular weight is 265 g/mol. The predicted octanol–water partition coefficient (Wildman–Crippen LogP) is 3.23. The molecule has 98 valence electrons. The number of aryl methyl sites for hydroxylation is 1. The Balaban J connectivity index is 1.85. The summed E-state index contributed by atoms with van der Waals surface area (Å²) in [5, 5.41) is 4.56. The molecule has 1 aliphatic carbocycles. The summed E-state index contributed by atoms with van der Waals surface area (Å²) in [6.07, 6.45) is 2.78. The van der Waals surface area contributed by atoms with Crippen LogP contribution in [0.2, 0.25) is 5.02 Å². The Kier molecular flexibility index (Phi) is 3.25. The maximum atomic E-state index is 6.38. The number of piperazine rings is 1. The Labute approximate surface area is 114 Å². The lowest BCUT2D eigenvalue weighted by atomic mass is 10.0. The molecule has 2 aliphatic rings. The molecule has 2 unspecified atom stereocenters. The third-order valence-corrected chi connectivity index (χ3v) is 4.52. The van der Waals surface area contributed by atoms with Crippen molar-refractivity contribution in [3.8, 4) is 0 Å². The maximum absolute atomic E-state index is 6.38. The molecule has 2 atom stereocenters. The van der Waals surface area contributed by atoms with Gasteiger partial charge in [-0.1, -0.05) is 17.7 Å². The van der Waals surface area contributed by atoms with Crippen molar-refractivity contribution in [1.29, 1.82) is 0 Å². The lowest BCUT2D eigenvalue weighted by Crippen LogP contribution is -2.56. The van der Waals surface area contributed by atoms with Crippen LogP contribution < -0.4 is 10.2 Å². The number of nitrogens with zero attached hydrogens (tertiary/aromatic N) is 1. The minimum absolute atomic E-state index is 0.513. The lowest BCUT2D eigenvalue weighted by molar-refractivity contribution is 0.376. The maximum Gasteiger partial charge on any atom is 0.0639 e. The molecule has 18 heavy (non-hydrogen) atoms. The quantitative estimate of drug-likeness (QED) is 0.882. The number of benzene rings is 1. The van der Waals surface area contributed by atoms with Crippen molar-refractivity contribution in [3.05, 3.63) is 28.8 Å². The zero-order valence-electron chi connectivity index (χ0n) is 11.1. The fourth-order valence-electron chi connectivity index (χ4n) is 2.88. The molecule has 1 saturated carbocycles. The first-order valence-electron chi connectivity index (χ1n) is 6.91. The van der Waals surface area contributed by atoms with E-state index in [2.05, 4.69) is 36.2 Å². The SMILES string of the molecule is Cc1ccc(Cl)c(N2CC(C3CC3)NCC2C)c1. The summed E-state index contributed by atoms with van der Waals surface area (Å²) < 4.78 is 0. The van der Waals surface area contributed by atoms with E-state index in [1.807, 2.05) is 6.07 Å². The average Bonchev–Trinajstić information content (AvgIpc) is 3.17. The lowest BCUT2D eigenvalue weighted by Gasteiger charge is -2.41. The van der Waals surface area contributed by atoms with Gasteiger partial charge in [-0.15, -0.1) is 0 Å². The van der Waals surface area contributed by atoms with Crippen LogP contribution in [0.15, 0.2) is 18.2 Å². The van der Waals surface area contributed by atoms with Gasteiger partial charge in [0.1, 0.15) is 0 Å². The van der Waals surface area contributed by atoms with Gasteiger partial charge in [-0.2, -0.15) is 0 Å². The molecule has 3 heteroatoms. The highest BCUT2D eigenvalue weighted by Crippen LogP contribution is 2.36. The van der Waals surface area contributed by atoms with Gasteiger partial charge in [0.15, 0.2) is 0 Å². The van der Waals surface area contributed by atoms with Gasteiger partial charge in [0.2, 0.25) is 0 Å². The van der Waals surface area contributed by atoms with Crippen LogP contribution >= 0.6 is 11.6 Å². The normalized spacial score (nSPS) is 28.5. The molecule has 2 nitrogen and oxygen atoms in total. The van der Waals surface area contributed by atoms with Crippen LogP contribution in [-0.4, -0.2) is 25.2 Å². The fraction of sp³-hybridized carbons (Fsp3) is 0.600. The van der Waals surface area contributed by atoms with E-state index in [0.717, 1.165) is 24.0 Å². The molecule has 1 heterocycles. The standard InChI is InChI=1S/C15H21ClN2/c1-10-3-6-13(16)15(7-10)18-9-14(12-4-5-12)17-8-11(18)2/h3,6-7,11-12,14,17H,4-5,8-9H2,1-2H3. The zero-order valence-corrected chi connectivity index (χ0v) is 11.9. The van der Waals surface area contributed by atoms with Crippen molar-refractivity contribution in [1.82, 2.24) is 5.32 Å². The first kappa shape index (κ1) is 12.3. The van der Waals surface area contributed by atoms with E-state index in [0.29, 0.717) is 12.1 Å². The summed E-state index contributed by atoms with van der Waals surface area (Å²) in [6.45, 7) is 6.56. The third-order valence-electron chi connectivity index (χ3n) is 4.20. The van der Waals surface area contributed by atoms with E-state index < -0.39 is 0 Å². The van der Waals surface area contributed by atoms with Crippen molar-refractivity contribution in [3.63, 3.8) is 0 Å². The molecule has 3 rings (SSSR count). The summed E-state index contributed by atoms with van der Waals surface area (Å²) in [5.74, 6) is 0.892. The smallest absolute Gasteiger partial charge is 0.0639 e. The molecule has 0 radical (unpaired) electrons. The van der Waals surface area contributed by atoms with Gasteiger partial charge in [0.05, 0.1) is 10.7 Å². The second kappa shape index (κ2) is 4.75. The van der Waals surface area contributed by atoms with Crippen LogP contribution in [0, 0.1) is 12.8 Å². The van der Waals surface area contributed by atoms with E-state index in [1.54, 1.807) is 0 Å². The summed E-state index contributed by atoms with van der Waals surface area (Å²) >= 11 is 6.38. The van der Waals surface area contributed by atoms with Crippen LogP contribution in [0.4, 0.5) is 5.69 Å². The number of hydrogen-bond acceptors (Lipinski definition) is 2. The zero-order chi connectivity index (χ0) is 12.7. The number of rotatable bonds is 2. The molecule has 2 fully saturated rings. The van der Waals surface area contributed by atoms with E-state index in [9.17, 15) is 0 Å². The van der Waals surface area contributed by atoms with E-state index in [4.69, 9.17) is 11.6 Å². The Morgan fingerprint density at radius 2 is 2.11 bits per heavy atom. The van der Waals surface area contributed by atoms with Crippen LogP contribution in [-0.2, 0) is 0 Å². The number of nitrogens with one attached hydrogen (secondary N) is 1. The van der Waals surface area contributed by atoms with E-state index in [-0.39, 0.29) is 0 Å². The topological polar surface area (TPSA) is 15.3 Å². The van der Waals surface area contributed by atoms with Gasteiger partial charge in [-0.05, 0) is 50.3 Å². The Bertz CT molecular complexity index is 442. The van der Waals surface area contributed by atoms with Crippen molar-refractivity contribution < 1.29 is 0 Å². The molecule has 1 aromatic carbocycles. The Morgan fingerprint density at radius 3 is 2.83 bits per heavy atom. The van der Waals surface area contributed by atoms with Crippen molar-refractivity contribution >= 4 is 17.3 Å². The van der Waals surface area contributed by atoms with Gasteiger partial charge in [0, 0.05) is 25.2 Å². The van der Waals surface area contributed by atoms with Crippen molar-refractivity contribution in [2.75, 3.05) is 18.0 Å². The highest BCUT2D eigenvalue weighted by molar-refractivity contribution is 6.33. The van der Waals surface area contributed by atoms with E-state index in [1.165, 1.54) is 24.1 Å². The van der Waals surface area contributed by atoms with Gasteiger partial charge in [-0.25, -0.2) is 0 Å². The predicted molar refractivity (Wildman–Crippen MR) is 77.5 cm³/mol. The van der Waals surface area contributed by atoms with Crippen LogP contribution in [0.25, 0.3) is 0 Å². The third kappa shape index (κ3) is 2.36. The van der Waals surface area contributed by atoms with Crippen molar-refractivity contribution in [2.45, 2.75) is 38.8 Å². The van der Waals surface area contributed by atoms with Gasteiger partial charge in [-0.3, -0.25) is 0 Å². The summed E-state index contributed by atoms with van der Waals surface area (Å²) in [5.41, 5.74) is 2.49. The molecular formula is C15H21ClN2. The van der Waals surface area contributed by atoms with Crippen LogP contribution in [0.1, 0.15) is 25.3 Å². The molecule has 1 N–H and O–H groups in total. The summed E-state index contributed by atoms with van der Waals surface area (Å²) in [7, 11) is 0. The molecule has 0 spiro atoms. The summed E-state index contributed by atoms with van der Waals surface area (Å²) in [4.78, 5) is 2.48. The second-order valence-corrected chi connectivity index (χ2v) is 6.22. The minimum Gasteiger partial charge on any atom is -0.365 e. The molecule has 1 aromatic rings. The van der Waals surface area contributed by atoms with E-state index >= 15 is 0 Å². The van der Waals surface area contributed by atoms with Gasteiger partial charge in [0.25, 0.3) is 0 Å². The number of hydrogen-bond donors (Lipinski definition) is 1. The summed E-state index contributed by atoms with van der Waals surface area (Å²) in [6, 6.07) is 7.48. The Morgan fingerprint density at radius 1 is 1.33 bits per heavy atom. The Hall–Kier alpha value is -0.730. The first-order valence-corrected chi connectivity index (χ1v) is 7.29. The fourth-order valence-corrected chi connectivity index (χ4v) is 3.11. The van der Waals surface area contributed by atoms with Crippen LogP contribution in [0.3, 0.4) is 0 Å². The van der Waals surface area contributed by atoms with Gasteiger partial charge < -0.3 is 10.2 Å². The highest BCUT2D eigenvalue weighted by Gasteiger charge is 2.36. The molecule has 1 aliphatic heterocycles. The van der Waals surface area contributed by atoms with Crippen molar-refractivity contribution in [2.24, 2.45) is 5.92 Å². The molecular weight excluding hydrogens is 244 g/mol. The minimum atomic E-state index is 0.513.